The van der Waals surface area contributed by atoms with Crippen LogP contribution in [0.1, 0.15) is 15.9 Å². The molecule has 0 aliphatic rings. The largest absolute Gasteiger partial charge is 0.574 e. The van der Waals surface area contributed by atoms with E-state index in [9.17, 15) is 18.0 Å². The molecule has 100 valence electrons. The summed E-state index contributed by atoms with van der Waals surface area (Å²) in [6.07, 6.45) is -4.09. The molecule has 0 spiro atoms. The first kappa shape index (κ1) is 14.0. The van der Waals surface area contributed by atoms with Crippen molar-refractivity contribution < 1.29 is 27.4 Å². The third-order valence-electron chi connectivity index (χ3n) is 2.01. The molecular weight excluding hydrogens is 255 g/mol. The Morgan fingerprint density at radius 1 is 1.50 bits per heavy atom. The van der Waals surface area contributed by atoms with Gasteiger partial charge in [-0.3, -0.25) is 0 Å². The number of halogens is 3. The molecule has 0 amide bonds. The van der Waals surface area contributed by atoms with Gasteiger partial charge in [0.2, 0.25) is 5.88 Å². The van der Waals surface area contributed by atoms with E-state index in [0.717, 1.165) is 13.3 Å². The van der Waals surface area contributed by atoms with Gasteiger partial charge in [-0.2, -0.15) is 0 Å². The van der Waals surface area contributed by atoms with Crippen LogP contribution in [0.2, 0.25) is 0 Å². The molecule has 1 heterocycles. The number of hydrogen-bond acceptors (Lipinski definition) is 6. The molecule has 1 aromatic rings. The maximum absolute atomic E-state index is 12.1. The summed E-state index contributed by atoms with van der Waals surface area (Å²) in [6.45, 7) is -0.366. The lowest BCUT2D eigenvalue weighted by Gasteiger charge is -2.14. The number of ether oxygens (including phenoxy) is 2. The zero-order valence-electron chi connectivity index (χ0n) is 9.25. The van der Waals surface area contributed by atoms with Crippen molar-refractivity contribution in [3.8, 4) is 5.88 Å². The number of nitrogens with two attached hydrogens (primary N) is 2. The fourth-order valence-corrected chi connectivity index (χ4v) is 1.22. The maximum atomic E-state index is 12.1. The first-order chi connectivity index (χ1) is 8.30. The molecule has 0 aromatic carbocycles. The lowest BCUT2D eigenvalue weighted by Crippen LogP contribution is -2.21. The van der Waals surface area contributed by atoms with Crippen LogP contribution in [0.25, 0.3) is 0 Å². The van der Waals surface area contributed by atoms with Gasteiger partial charge in [-0.25, -0.2) is 9.78 Å². The van der Waals surface area contributed by atoms with Gasteiger partial charge in [0.1, 0.15) is 5.56 Å². The first-order valence-corrected chi connectivity index (χ1v) is 4.61. The molecule has 18 heavy (non-hydrogen) atoms. The van der Waals surface area contributed by atoms with Gasteiger partial charge in [0.05, 0.1) is 18.4 Å². The highest BCUT2D eigenvalue weighted by atomic mass is 19.4. The second kappa shape index (κ2) is 5.08. The number of pyridine rings is 1. The Bertz CT molecular complexity index is 462. The van der Waals surface area contributed by atoms with E-state index in [4.69, 9.17) is 11.5 Å². The molecule has 0 aliphatic carbocycles. The molecule has 0 saturated heterocycles. The van der Waals surface area contributed by atoms with E-state index >= 15 is 0 Å². The summed E-state index contributed by atoms with van der Waals surface area (Å²) in [5.74, 6) is -1.61. The molecule has 0 fully saturated rings. The number of hydrogen-bond donors (Lipinski definition) is 2. The van der Waals surface area contributed by atoms with E-state index in [-0.39, 0.29) is 23.4 Å². The van der Waals surface area contributed by atoms with Crippen molar-refractivity contribution in [2.75, 3.05) is 12.8 Å². The number of anilines is 1. The molecule has 0 radical (unpaired) electrons. The Morgan fingerprint density at radius 2 is 2.11 bits per heavy atom. The molecule has 0 bridgehead atoms. The van der Waals surface area contributed by atoms with E-state index in [2.05, 4.69) is 14.5 Å². The quantitative estimate of drug-likeness (QED) is 0.784. The summed E-state index contributed by atoms with van der Waals surface area (Å²) < 4.78 is 44.3. The molecule has 6 nitrogen and oxygen atoms in total. The smallest absolute Gasteiger partial charge is 0.465 e. The van der Waals surface area contributed by atoms with Crippen LogP contribution in [0.4, 0.5) is 18.9 Å². The van der Waals surface area contributed by atoms with Gasteiger partial charge in [-0.05, 0) is 0 Å². The van der Waals surface area contributed by atoms with Crippen molar-refractivity contribution in [1.82, 2.24) is 4.98 Å². The van der Waals surface area contributed by atoms with Crippen LogP contribution in [-0.4, -0.2) is 24.4 Å². The minimum absolute atomic E-state index is 0.174. The summed E-state index contributed by atoms with van der Waals surface area (Å²) in [6, 6.07) is 0. The van der Waals surface area contributed by atoms with Crippen molar-refractivity contribution in [2.45, 2.75) is 12.9 Å². The fourth-order valence-electron chi connectivity index (χ4n) is 1.22. The summed E-state index contributed by atoms with van der Waals surface area (Å²) in [5.41, 5.74) is 10.1. The average molecular weight is 265 g/mol. The van der Waals surface area contributed by atoms with E-state index in [1.54, 1.807) is 0 Å². The van der Waals surface area contributed by atoms with E-state index in [1.807, 2.05) is 0 Å². The van der Waals surface area contributed by atoms with E-state index in [0.29, 0.717) is 0 Å². The Hall–Kier alpha value is -2.03. The number of esters is 1. The molecule has 0 unspecified atom stereocenters. The first-order valence-electron chi connectivity index (χ1n) is 4.61. The van der Waals surface area contributed by atoms with Crippen LogP contribution in [0, 0.1) is 0 Å². The highest BCUT2D eigenvalue weighted by Gasteiger charge is 2.33. The van der Waals surface area contributed by atoms with E-state index < -0.39 is 18.2 Å². The highest BCUT2D eigenvalue weighted by molar-refractivity contribution is 5.95. The second-order valence-electron chi connectivity index (χ2n) is 3.11. The molecule has 9 heteroatoms. The highest BCUT2D eigenvalue weighted by Crippen LogP contribution is 2.29. The van der Waals surface area contributed by atoms with Gasteiger partial charge in [0.25, 0.3) is 0 Å². The Kier molecular flexibility index (Phi) is 3.96. The molecule has 0 atom stereocenters. The number of carbonyl (C=O) groups excluding carboxylic acids is 1. The van der Waals surface area contributed by atoms with Crippen LogP contribution in [0.5, 0.6) is 5.88 Å². The number of rotatable bonds is 3. The third kappa shape index (κ3) is 3.00. The Morgan fingerprint density at radius 3 is 2.56 bits per heavy atom. The van der Waals surface area contributed by atoms with Crippen molar-refractivity contribution in [1.29, 1.82) is 0 Å². The fraction of sp³-hybridized carbons (Fsp3) is 0.333. The Labute approximate surface area is 99.7 Å². The van der Waals surface area contributed by atoms with Crippen LogP contribution < -0.4 is 16.2 Å². The van der Waals surface area contributed by atoms with Crippen LogP contribution in [0.15, 0.2) is 6.20 Å². The van der Waals surface area contributed by atoms with Gasteiger partial charge in [-0.1, -0.05) is 0 Å². The zero-order valence-corrected chi connectivity index (χ0v) is 9.25. The van der Waals surface area contributed by atoms with Crippen LogP contribution in [0.3, 0.4) is 0 Å². The standard InChI is InChI=1S/C9H10F3N3O3/c1-17-8(16)5-3-15-7(18-9(10,11)12)4(2-13)6(5)14/h3H,2,13H2,1H3,(H2,14,15). The van der Waals surface area contributed by atoms with E-state index in [1.165, 1.54) is 0 Å². The third-order valence-corrected chi connectivity index (χ3v) is 2.01. The molecule has 1 aromatic heterocycles. The van der Waals surface area contributed by atoms with Gasteiger partial charge < -0.3 is 20.9 Å². The van der Waals surface area contributed by atoms with Crippen molar-refractivity contribution in [3.63, 3.8) is 0 Å². The van der Waals surface area contributed by atoms with Crippen molar-refractivity contribution >= 4 is 11.7 Å². The molecule has 4 N–H and O–H groups in total. The molecule has 0 saturated carbocycles. The summed E-state index contributed by atoms with van der Waals surface area (Å²) in [7, 11) is 1.10. The minimum atomic E-state index is -4.92. The second-order valence-corrected chi connectivity index (χ2v) is 3.11. The SMILES string of the molecule is COC(=O)c1cnc(OC(F)(F)F)c(CN)c1N. The number of alkyl halides is 3. The predicted molar refractivity (Wildman–Crippen MR) is 54.6 cm³/mol. The van der Waals surface area contributed by atoms with Crippen LogP contribution in [-0.2, 0) is 11.3 Å². The van der Waals surface area contributed by atoms with Gasteiger partial charge in [0.15, 0.2) is 0 Å². The van der Waals surface area contributed by atoms with Gasteiger partial charge in [-0.15, -0.1) is 13.2 Å². The number of carbonyl (C=O) groups is 1. The average Bonchev–Trinajstić information content (AvgIpc) is 2.26. The Balaban J connectivity index is 3.25. The topological polar surface area (TPSA) is 100 Å². The van der Waals surface area contributed by atoms with Crippen molar-refractivity contribution in [3.05, 3.63) is 17.3 Å². The lowest BCUT2D eigenvalue weighted by atomic mass is 10.1. The maximum Gasteiger partial charge on any atom is 0.574 e. The summed E-state index contributed by atoms with van der Waals surface area (Å²) in [5, 5.41) is 0. The van der Waals surface area contributed by atoms with Gasteiger partial charge >= 0.3 is 12.3 Å². The lowest BCUT2D eigenvalue weighted by molar-refractivity contribution is -0.276. The molecule has 0 aliphatic heterocycles. The molecular formula is C9H10F3N3O3. The van der Waals surface area contributed by atoms with Crippen LogP contribution >= 0.6 is 0 Å². The predicted octanol–water partition coefficient (Wildman–Crippen LogP) is 0.808. The number of aromatic nitrogens is 1. The monoisotopic (exact) mass is 265 g/mol. The summed E-state index contributed by atoms with van der Waals surface area (Å²) >= 11 is 0. The number of methoxy groups -OCH3 is 1. The molecule has 1 rings (SSSR count). The van der Waals surface area contributed by atoms with Crippen molar-refractivity contribution in [2.24, 2.45) is 5.73 Å². The number of nitrogen functional groups attached to an aromatic ring is 1. The van der Waals surface area contributed by atoms with Gasteiger partial charge in [0, 0.05) is 12.7 Å². The minimum Gasteiger partial charge on any atom is -0.465 e. The summed E-state index contributed by atoms with van der Waals surface area (Å²) in [4.78, 5) is 14.6. The zero-order chi connectivity index (χ0) is 13.9. The normalized spacial score (nSPS) is 11.2. The number of nitrogens with zero attached hydrogens (tertiary/aromatic N) is 1.